The van der Waals surface area contributed by atoms with E-state index in [9.17, 15) is 14.0 Å². The zero-order chi connectivity index (χ0) is 23.9. The summed E-state index contributed by atoms with van der Waals surface area (Å²) in [5.74, 6) is -1.43. The second-order valence-electron chi connectivity index (χ2n) is 9.07. The number of anilines is 1. The second-order valence-corrected chi connectivity index (χ2v) is 9.07. The van der Waals surface area contributed by atoms with Crippen molar-refractivity contribution in [1.82, 2.24) is 5.32 Å². The zero-order valence-electron chi connectivity index (χ0n) is 18.8. The Labute approximate surface area is 191 Å². The minimum atomic E-state index is -0.756. The molecule has 33 heavy (non-hydrogen) atoms. The monoisotopic (exact) mass is 450 g/mol. The first-order valence-electron chi connectivity index (χ1n) is 10.6. The van der Waals surface area contributed by atoms with E-state index in [-0.39, 0.29) is 22.7 Å². The number of nitrogens with one attached hydrogen (secondary N) is 1. The molecule has 0 spiro atoms. The van der Waals surface area contributed by atoms with E-state index in [4.69, 9.17) is 16.2 Å². The maximum atomic E-state index is 13.7. The van der Waals surface area contributed by atoms with Gasteiger partial charge in [-0.05, 0) is 53.8 Å². The predicted octanol–water partition coefficient (Wildman–Crippen LogP) is 2.89. The Bertz CT molecular complexity index is 1170. The van der Waals surface area contributed by atoms with Crippen LogP contribution in [0.1, 0.15) is 31.7 Å². The number of hydrogen-bond donors (Lipinski definition) is 3. The van der Waals surface area contributed by atoms with E-state index in [1.807, 2.05) is 13.8 Å². The van der Waals surface area contributed by atoms with Crippen LogP contribution in [0.3, 0.4) is 0 Å². The fourth-order valence-electron chi connectivity index (χ4n) is 4.50. The molecule has 8 heteroatoms. The van der Waals surface area contributed by atoms with E-state index in [0.29, 0.717) is 41.2 Å². The quantitative estimate of drug-likeness (QED) is 0.663. The number of nitrogens with two attached hydrogens (primary N) is 2. The van der Waals surface area contributed by atoms with Gasteiger partial charge in [-0.25, -0.2) is 4.39 Å². The number of carbonyl (C=O) groups is 2. The predicted molar refractivity (Wildman–Crippen MR) is 123 cm³/mol. The molecule has 2 aliphatic rings. The van der Waals surface area contributed by atoms with Crippen LogP contribution in [0.2, 0.25) is 0 Å². The molecule has 0 aromatic heterocycles. The van der Waals surface area contributed by atoms with Crippen LogP contribution in [0.15, 0.2) is 71.2 Å². The van der Waals surface area contributed by atoms with Crippen LogP contribution < -0.4 is 26.4 Å². The van der Waals surface area contributed by atoms with Gasteiger partial charge in [0.05, 0.1) is 18.6 Å². The van der Waals surface area contributed by atoms with Gasteiger partial charge in [0, 0.05) is 23.5 Å². The van der Waals surface area contributed by atoms with Gasteiger partial charge in [0.1, 0.15) is 17.4 Å². The maximum absolute atomic E-state index is 13.7. The third-order valence-corrected chi connectivity index (χ3v) is 6.09. The number of amides is 2. The smallest absolute Gasteiger partial charge is 0.249 e. The molecule has 2 aliphatic heterocycles. The van der Waals surface area contributed by atoms with Crippen molar-refractivity contribution in [1.29, 1.82) is 0 Å². The van der Waals surface area contributed by atoms with Crippen LogP contribution in [0.4, 0.5) is 10.1 Å². The molecule has 2 heterocycles. The first kappa shape index (κ1) is 22.4. The van der Waals surface area contributed by atoms with Crippen LogP contribution in [-0.4, -0.2) is 25.5 Å². The third kappa shape index (κ3) is 4.04. The van der Waals surface area contributed by atoms with Crippen LogP contribution in [0.5, 0.6) is 5.75 Å². The number of carbonyl (C=O) groups excluding carboxylic acids is 2. The molecule has 1 unspecified atom stereocenters. The summed E-state index contributed by atoms with van der Waals surface area (Å²) in [7, 11) is 1.56. The second kappa shape index (κ2) is 8.27. The van der Waals surface area contributed by atoms with Crippen LogP contribution >= 0.6 is 0 Å². The molecular formula is C25H27FN4O3. The Kier molecular flexibility index (Phi) is 5.61. The molecule has 7 nitrogen and oxygen atoms in total. The first-order valence-corrected chi connectivity index (χ1v) is 10.6. The van der Waals surface area contributed by atoms with Gasteiger partial charge >= 0.3 is 0 Å². The largest absolute Gasteiger partial charge is 0.497 e. The molecule has 0 saturated carbocycles. The molecular weight excluding hydrogens is 423 g/mol. The molecule has 172 valence electrons. The molecule has 0 fully saturated rings. The highest BCUT2D eigenvalue weighted by Gasteiger charge is 2.44. The maximum Gasteiger partial charge on any atom is 0.249 e. The minimum Gasteiger partial charge on any atom is -0.497 e. The van der Waals surface area contributed by atoms with E-state index >= 15 is 0 Å². The standard InChI is InChI=1S/C25H27FN4O3/c1-25(2)12-18-20(24(32)29-13-25)19(14-4-10-17(33-3)11-5-14)21(23(28)31)22(27)30(18)16-8-6-15(26)7-9-16/h4-11,19H,12-13,27H2,1-3H3,(H2,28,31)(H,29,32). The summed E-state index contributed by atoms with van der Waals surface area (Å²) in [5.41, 5.74) is 14.5. The lowest BCUT2D eigenvalue weighted by Gasteiger charge is -2.39. The van der Waals surface area contributed by atoms with Crippen molar-refractivity contribution in [2.75, 3.05) is 18.6 Å². The van der Waals surface area contributed by atoms with Gasteiger partial charge < -0.3 is 21.5 Å². The highest BCUT2D eigenvalue weighted by molar-refractivity contribution is 6.05. The molecule has 4 rings (SSSR count). The summed E-state index contributed by atoms with van der Waals surface area (Å²) in [6.45, 7) is 4.52. The van der Waals surface area contributed by atoms with Crippen LogP contribution in [0, 0.1) is 11.2 Å². The Morgan fingerprint density at radius 2 is 1.79 bits per heavy atom. The summed E-state index contributed by atoms with van der Waals surface area (Å²) in [4.78, 5) is 27.8. The number of hydrogen-bond acceptors (Lipinski definition) is 5. The Morgan fingerprint density at radius 3 is 2.36 bits per heavy atom. The topological polar surface area (TPSA) is 111 Å². The highest BCUT2D eigenvalue weighted by Crippen LogP contribution is 2.46. The van der Waals surface area contributed by atoms with E-state index in [2.05, 4.69) is 5.32 Å². The van der Waals surface area contributed by atoms with Crippen molar-refractivity contribution in [3.63, 3.8) is 0 Å². The lowest BCUT2D eigenvalue weighted by Crippen LogP contribution is -2.41. The summed E-state index contributed by atoms with van der Waals surface area (Å²) in [6.07, 6.45) is 0.498. The van der Waals surface area contributed by atoms with Gasteiger partial charge in [-0.15, -0.1) is 0 Å². The van der Waals surface area contributed by atoms with Gasteiger partial charge in [0.2, 0.25) is 11.8 Å². The summed E-state index contributed by atoms with van der Waals surface area (Å²) < 4.78 is 18.9. The first-order chi connectivity index (χ1) is 15.6. The SMILES string of the molecule is COc1ccc(C2C(C(N)=O)=C(N)N(c3ccc(F)cc3)C3=C2C(=O)NCC(C)(C)C3)cc1. The number of halogens is 1. The van der Waals surface area contributed by atoms with E-state index in [1.165, 1.54) is 12.1 Å². The van der Waals surface area contributed by atoms with Gasteiger partial charge in [-0.3, -0.25) is 14.5 Å². The molecule has 0 radical (unpaired) electrons. The van der Waals surface area contributed by atoms with Crippen molar-refractivity contribution in [2.24, 2.45) is 16.9 Å². The minimum absolute atomic E-state index is 0.109. The zero-order valence-corrected chi connectivity index (χ0v) is 18.8. The molecule has 0 aliphatic carbocycles. The number of benzene rings is 2. The van der Waals surface area contributed by atoms with E-state index in [0.717, 1.165) is 0 Å². The number of methoxy groups -OCH3 is 1. The average molecular weight is 451 g/mol. The number of allylic oxidation sites excluding steroid dienone is 1. The van der Waals surface area contributed by atoms with Crippen molar-refractivity contribution in [3.05, 3.63) is 82.6 Å². The number of primary amides is 1. The molecule has 1 atom stereocenters. The summed E-state index contributed by atoms with van der Waals surface area (Å²) in [5, 5.41) is 2.99. The molecule has 0 saturated heterocycles. The van der Waals surface area contributed by atoms with Gasteiger partial charge in [-0.1, -0.05) is 26.0 Å². The normalized spacial score (nSPS) is 20.2. The lowest BCUT2D eigenvalue weighted by atomic mass is 9.77. The Morgan fingerprint density at radius 1 is 1.15 bits per heavy atom. The lowest BCUT2D eigenvalue weighted by molar-refractivity contribution is -0.118. The van der Waals surface area contributed by atoms with Gasteiger partial charge in [0.15, 0.2) is 0 Å². The molecule has 2 aromatic rings. The summed E-state index contributed by atoms with van der Waals surface area (Å²) >= 11 is 0. The molecule has 0 bridgehead atoms. The van der Waals surface area contributed by atoms with Crippen molar-refractivity contribution in [2.45, 2.75) is 26.2 Å². The van der Waals surface area contributed by atoms with Gasteiger partial charge in [-0.2, -0.15) is 0 Å². The highest BCUT2D eigenvalue weighted by atomic mass is 19.1. The number of nitrogens with zero attached hydrogens (tertiary/aromatic N) is 1. The molecule has 2 amide bonds. The fourth-order valence-corrected chi connectivity index (χ4v) is 4.50. The van der Waals surface area contributed by atoms with E-state index < -0.39 is 17.6 Å². The number of ether oxygens (including phenoxy) is 1. The van der Waals surface area contributed by atoms with Crippen LogP contribution in [-0.2, 0) is 9.59 Å². The van der Waals surface area contributed by atoms with E-state index in [1.54, 1.807) is 48.4 Å². The Hall–Kier alpha value is -3.81. The van der Waals surface area contributed by atoms with Crippen molar-refractivity contribution >= 4 is 17.5 Å². The average Bonchev–Trinajstić information content (AvgIpc) is 2.89. The Balaban J connectivity index is 2.01. The fraction of sp³-hybridized carbons (Fsp3) is 0.280. The molecule has 2 aromatic carbocycles. The van der Waals surface area contributed by atoms with Crippen molar-refractivity contribution in [3.8, 4) is 5.75 Å². The van der Waals surface area contributed by atoms with Gasteiger partial charge in [0.25, 0.3) is 0 Å². The van der Waals surface area contributed by atoms with Crippen molar-refractivity contribution < 1.29 is 18.7 Å². The third-order valence-electron chi connectivity index (χ3n) is 6.09. The van der Waals surface area contributed by atoms with Crippen LogP contribution in [0.25, 0.3) is 0 Å². The summed E-state index contributed by atoms with van der Waals surface area (Å²) in [6, 6.07) is 12.9. The molecule has 5 N–H and O–H groups in total. The number of rotatable bonds is 4.